The van der Waals surface area contributed by atoms with Gasteiger partial charge in [0.15, 0.2) is 18.2 Å². The SMILES string of the molecule is COC(=O)[C@H](CCNC(=O)C(=O)CCc1ccc(F)c(F)c1)NC(=O)c1ccc(Nc2nc(NC3(c4ccc(Cl)cc4)CC3)nc(OCC(F)(F)F)n2)cc1. The number of esters is 1. The number of hydrogen-bond acceptors (Lipinski definition) is 11. The molecule has 1 aliphatic rings. The van der Waals surface area contributed by atoms with E-state index in [4.69, 9.17) is 21.1 Å². The molecule has 1 heterocycles. The van der Waals surface area contributed by atoms with Gasteiger partial charge in [0.1, 0.15) is 6.04 Å². The predicted molar refractivity (Wildman–Crippen MR) is 188 cm³/mol. The first-order chi connectivity index (χ1) is 26.1. The maximum Gasteiger partial charge on any atom is 0.422 e. The van der Waals surface area contributed by atoms with Crippen molar-refractivity contribution in [2.45, 2.75) is 49.9 Å². The summed E-state index contributed by atoms with van der Waals surface area (Å²) in [5.41, 5.74) is 1.06. The van der Waals surface area contributed by atoms with Crippen molar-refractivity contribution in [2.75, 3.05) is 30.9 Å². The van der Waals surface area contributed by atoms with E-state index >= 15 is 0 Å². The van der Waals surface area contributed by atoms with Crippen molar-refractivity contribution in [3.63, 3.8) is 0 Å². The van der Waals surface area contributed by atoms with E-state index in [1.807, 2.05) is 12.1 Å². The second-order valence-corrected chi connectivity index (χ2v) is 12.8. The van der Waals surface area contributed by atoms with Gasteiger partial charge in [0.05, 0.1) is 12.6 Å². The number of aryl methyl sites for hydroxylation is 1. The van der Waals surface area contributed by atoms with Crippen LogP contribution in [0.4, 0.5) is 39.5 Å². The number of methoxy groups -OCH3 is 1. The number of aromatic nitrogens is 3. The molecule has 4 aromatic rings. The number of nitrogens with zero attached hydrogens (tertiary/aromatic N) is 3. The first-order valence-electron chi connectivity index (χ1n) is 16.6. The van der Waals surface area contributed by atoms with Crippen LogP contribution in [-0.2, 0) is 31.1 Å². The van der Waals surface area contributed by atoms with Crippen LogP contribution in [-0.4, -0.2) is 71.0 Å². The van der Waals surface area contributed by atoms with Gasteiger partial charge in [-0.3, -0.25) is 14.4 Å². The molecule has 3 aromatic carbocycles. The van der Waals surface area contributed by atoms with Crippen molar-refractivity contribution in [3.8, 4) is 6.01 Å². The second kappa shape index (κ2) is 17.5. The van der Waals surface area contributed by atoms with Crippen molar-refractivity contribution in [2.24, 2.45) is 0 Å². The van der Waals surface area contributed by atoms with Gasteiger partial charge >= 0.3 is 18.2 Å². The van der Waals surface area contributed by atoms with E-state index < -0.39 is 65.6 Å². The summed E-state index contributed by atoms with van der Waals surface area (Å²) in [6, 6.07) is 14.1. The fourth-order valence-corrected chi connectivity index (χ4v) is 5.36. The van der Waals surface area contributed by atoms with Crippen LogP contribution < -0.4 is 26.0 Å². The van der Waals surface area contributed by atoms with Crippen LogP contribution >= 0.6 is 11.6 Å². The third-order valence-corrected chi connectivity index (χ3v) is 8.52. The number of halogens is 6. The van der Waals surface area contributed by atoms with Gasteiger partial charge < -0.3 is 30.7 Å². The van der Waals surface area contributed by atoms with E-state index in [2.05, 4.69) is 36.2 Å². The van der Waals surface area contributed by atoms with E-state index in [-0.39, 0.29) is 43.3 Å². The number of ether oxygens (including phenoxy) is 2. The van der Waals surface area contributed by atoms with Gasteiger partial charge in [-0.25, -0.2) is 13.6 Å². The second-order valence-electron chi connectivity index (χ2n) is 12.4. The number of amides is 2. The summed E-state index contributed by atoms with van der Waals surface area (Å²) in [6.07, 6.45) is -3.69. The minimum atomic E-state index is -4.65. The number of rotatable bonds is 17. The van der Waals surface area contributed by atoms with Crippen LogP contribution in [0.3, 0.4) is 0 Å². The van der Waals surface area contributed by atoms with Gasteiger partial charge in [0.25, 0.3) is 11.8 Å². The molecule has 1 atom stereocenters. The van der Waals surface area contributed by atoms with Crippen LogP contribution in [0.15, 0.2) is 66.7 Å². The lowest BCUT2D eigenvalue weighted by molar-refractivity contribution is -0.154. The first kappa shape index (κ1) is 40.3. The molecule has 0 spiro atoms. The molecule has 0 bridgehead atoms. The van der Waals surface area contributed by atoms with Crippen molar-refractivity contribution in [1.29, 1.82) is 0 Å². The molecule has 0 saturated heterocycles. The highest BCUT2D eigenvalue weighted by Gasteiger charge is 2.45. The Kier molecular flexibility index (Phi) is 12.8. The molecule has 5 rings (SSSR count). The van der Waals surface area contributed by atoms with Crippen molar-refractivity contribution in [1.82, 2.24) is 25.6 Å². The lowest BCUT2D eigenvalue weighted by Crippen LogP contribution is -2.44. The number of carbonyl (C=O) groups excluding carboxylic acids is 4. The molecule has 4 N–H and O–H groups in total. The highest BCUT2D eigenvalue weighted by atomic mass is 35.5. The van der Waals surface area contributed by atoms with Gasteiger partial charge in [-0.15, -0.1) is 0 Å². The maximum atomic E-state index is 13.4. The van der Waals surface area contributed by atoms with Crippen LogP contribution in [0.2, 0.25) is 5.02 Å². The van der Waals surface area contributed by atoms with Gasteiger partial charge in [0, 0.05) is 29.2 Å². The molecule has 0 aliphatic heterocycles. The van der Waals surface area contributed by atoms with Crippen LogP contribution in [0.25, 0.3) is 0 Å². The van der Waals surface area contributed by atoms with Crippen molar-refractivity contribution >= 4 is 52.8 Å². The third kappa shape index (κ3) is 11.5. The van der Waals surface area contributed by atoms with E-state index in [0.29, 0.717) is 29.1 Å². The van der Waals surface area contributed by atoms with Crippen LogP contribution in [0.5, 0.6) is 6.01 Å². The number of anilines is 3. The molecule has 13 nitrogen and oxygen atoms in total. The average molecular weight is 790 g/mol. The van der Waals surface area contributed by atoms with E-state index in [1.54, 1.807) is 12.1 Å². The Labute approximate surface area is 315 Å². The average Bonchev–Trinajstić information content (AvgIpc) is 3.93. The molecule has 19 heteroatoms. The molecule has 1 aliphatic carbocycles. The Morgan fingerprint density at radius 3 is 2.24 bits per heavy atom. The molecule has 1 saturated carbocycles. The quantitative estimate of drug-likeness (QED) is 0.0599. The molecule has 1 aromatic heterocycles. The van der Waals surface area contributed by atoms with Gasteiger partial charge in [-0.2, -0.15) is 28.1 Å². The molecule has 0 radical (unpaired) electrons. The molecule has 290 valence electrons. The summed E-state index contributed by atoms with van der Waals surface area (Å²) < 4.78 is 74.9. The molecule has 55 heavy (non-hydrogen) atoms. The predicted octanol–water partition coefficient (Wildman–Crippen LogP) is 5.57. The number of ketones is 1. The van der Waals surface area contributed by atoms with Gasteiger partial charge in [-0.1, -0.05) is 29.8 Å². The fraction of sp³-hybridized carbons (Fsp3) is 0.306. The Balaban J connectivity index is 1.18. The molecule has 1 fully saturated rings. The summed E-state index contributed by atoms with van der Waals surface area (Å²) in [5.74, 6) is -5.62. The Morgan fingerprint density at radius 1 is 0.909 bits per heavy atom. The maximum absolute atomic E-state index is 13.4. The summed E-state index contributed by atoms with van der Waals surface area (Å²) in [6.45, 7) is -1.84. The normalized spacial score (nSPS) is 13.6. The van der Waals surface area contributed by atoms with E-state index in [0.717, 1.165) is 24.8 Å². The van der Waals surface area contributed by atoms with Crippen molar-refractivity contribution in [3.05, 3.63) is 100 Å². The van der Waals surface area contributed by atoms with Crippen molar-refractivity contribution < 1.29 is 50.6 Å². The Morgan fingerprint density at radius 2 is 1.60 bits per heavy atom. The van der Waals surface area contributed by atoms with E-state index in [1.165, 1.54) is 30.3 Å². The van der Waals surface area contributed by atoms with Gasteiger partial charge in [-0.05, 0) is 85.3 Å². The Hall–Kier alpha value is -5.91. The number of hydrogen-bond donors (Lipinski definition) is 4. The first-order valence-corrected chi connectivity index (χ1v) is 17.0. The fourth-order valence-electron chi connectivity index (χ4n) is 5.23. The summed E-state index contributed by atoms with van der Waals surface area (Å²) in [7, 11) is 1.10. The highest BCUT2D eigenvalue weighted by Crippen LogP contribution is 2.48. The zero-order valence-corrected chi connectivity index (χ0v) is 29.7. The molecular weight excluding hydrogens is 757 g/mol. The zero-order valence-electron chi connectivity index (χ0n) is 28.9. The number of alkyl halides is 3. The molecular formula is C36H33ClF5N7O6. The minimum absolute atomic E-state index is 0.00436. The number of carbonyl (C=O) groups is 4. The number of benzene rings is 3. The third-order valence-electron chi connectivity index (χ3n) is 8.27. The number of Topliss-reactive ketones (excluding diaryl/α,β-unsaturated/α-hetero) is 1. The van der Waals surface area contributed by atoms with Gasteiger partial charge in [0.2, 0.25) is 17.7 Å². The highest BCUT2D eigenvalue weighted by molar-refractivity contribution is 6.36. The van der Waals surface area contributed by atoms with Crippen LogP contribution in [0, 0.1) is 11.6 Å². The molecule has 0 unspecified atom stereocenters. The largest absolute Gasteiger partial charge is 0.467 e. The van der Waals surface area contributed by atoms with Crippen LogP contribution in [0.1, 0.15) is 47.2 Å². The molecule has 2 amide bonds. The Bertz CT molecular complexity index is 2030. The standard InChI is InChI=1S/C36H33ClF5N7O6/c1-54-31(53)27(14-17-43-30(52)28(50)13-3-20-2-12-25(38)26(39)18-20)45-29(51)21-4-10-24(11-5-21)44-32-46-33(48-34(47-32)55-19-36(40,41)42)49-35(15-16-35)22-6-8-23(37)9-7-22/h2,4-12,18,27H,3,13-17,19H2,1H3,(H,43,52)(H,45,51)(H2,44,46,47,48,49)/t27-/m0/s1. The summed E-state index contributed by atoms with van der Waals surface area (Å²) in [4.78, 5) is 62.3. The minimum Gasteiger partial charge on any atom is -0.467 e. The lowest BCUT2D eigenvalue weighted by atomic mass is 10.1. The summed E-state index contributed by atoms with van der Waals surface area (Å²) >= 11 is 6.02. The van der Waals surface area contributed by atoms with E-state index in [9.17, 15) is 41.1 Å². The summed E-state index contributed by atoms with van der Waals surface area (Å²) in [5, 5.41) is 11.4. The monoisotopic (exact) mass is 789 g/mol. The zero-order chi connectivity index (χ0) is 39.8. The lowest BCUT2D eigenvalue weighted by Gasteiger charge is -2.19. The number of nitrogens with one attached hydrogen (secondary N) is 4. The topological polar surface area (TPSA) is 174 Å². The smallest absolute Gasteiger partial charge is 0.422 e.